The lowest BCUT2D eigenvalue weighted by Crippen LogP contribution is -2.34. The van der Waals surface area contributed by atoms with Gasteiger partial charge in [-0.1, -0.05) is 31.5 Å². The highest BCUT2D eigenvalue weighted by molar-refractivity contribution is 5.75. The lowest BCUT2D eigenvalue weighted by Gasteiger charge is -2.21. The van der Waals surface area contributed by atoms with Gasteiger partial charge in [-0.05, 0) is 36.6 Å². The average Bonchev–Trinajstić information content (AvgIpc) is 2.37. The summed E-state index contributed by atoms with van der Waals surface area (Å²) in [7, 11) is 0. The molecule has 19 heavy (non-hydrogen) atoms. The molecule has 0 atom stereocenters. The molecule has 0 heterocycles. The van der Waals surface area contributed by atoms with Gasteiger partial charge in [-0.25, -0.2) is 0 Å². The van der Waals surface area contributed by atoms with Crippen LogP contribution in [0.3, 0.4) is 0 Å². The van der Waals surface area contributed by atoms with Crippen LogP contribution in [0.1, 0.15) is 36.5 Å². The standard InChI is InChI=1S/C15H25N3O/c1-3-4-7-18(11-15(17)19)10-14-6-5-13(9-16)8-12(14)2/h5-6,8H,3-4,7,9-11,16H2,1-2H3,(H2,17,19). The Kier molecular flexibility index (Phi) is 6.53. The fourth-order valence-corrected chi connectivity index (χ4v) is 2.12. The normalized spacial score (nSPS) is 10.9. The van der Waals surface area contributed by atoms with Crippen molar-refractivity contribution < 1.29 is 4.79 Å². The summed E-state index contributed by atoms with van der Waals surface area (Å²) in [5.41, 5.74) is 14.5. The number of rotatable bonds is 8. The molecular formula is C15H25N3O. The lowest BCUT2D eigenvalue weighted by atomic mass is 10.0. The van der Waals surface area contributed by atoms with Crippen LogP contribution in [0.2, 0.25) is 0 Å². The minimum atomic E-state index is -0.271. The minimum absolute atomic E-state index is 0.271. The van der Waals surface area contributed by atoms with E-state index in [0.29, 0.717) is 13.1 Å². The van der Waals surface area contributed by atoms with Crippen LogP contribution in [-0.4, -0.2) is 23.9 Å². The third kappa shape index (κ3) is 5.41. The van der Waals surface area contributed by atoms with Crippen molar-refractivity contribution in [3.8, 4) is 0 Å². The number of carbonyl (C=O) groups excluding carboxylic acids is 1. The van der Waals surface area contributed by atoms with Crippen LogP contribution in [0, 0.1) is 6.92 Å². The Hall–Kier alpha value is -1.39. The molecular weight excluding hydrogens is 238 g/mol. The Bertz CT molecular complexity index is 418. The fraction of sp³-hybridized carbons (Fsp3) is 0.533. The van der Waals surface area contributed by atoms with Gasteiger partial charge >= 0.3 is 0 Å². The largest absolute Gasteiger partial charge is 0.369 e. The molecule has 0 aliphatic carbocycles. The molecule has 0 aromatic heterocycles. The van der Waals surface area contributed by atoms with E-state index in [2.05, 4.69) is 30.9 Å². The second-order valence-electron chi connectivity index (χ2n) is 5.00. The van der Waals surface area contributed by atoms with Gasteiger partial charge in [0, 0.05) is 13.1 Å². The molecule has 106 valence electrons. The van der Waals surface area contributed by atoms with E-state index in [1.165, 1.54) is 11.1 Å². The number of hydrogen-bond acceptors (Lipinski definition) is 3. The van der Waals surface area contributed by atoms with Crippen molar-refractivity contribution >= 4 is 5.91 Å². The van der Waals surface area contributed by atoms with Crippen LogP contribution >= 0.6 is 0 Å². The monoisotopic (exact) mass is 263 g/mol. The van der Waals surface area contributed by atoms with E-state index >= 15 is 0 Å². The van der Waals surface area contributed by atoms with E-state index in [9.17, 15) is 4.79 Å². The number of benzene rings is 1. The maximum absolute atomic E-state index is 11.1. The molecule has 1 rings (SSSR count). The smallest absolute Gasteiger partial charge is 0.231 e. The molecule has 0 bridgehead atoms. The van der Waals surface area contributed by atoms with E-state index in [4.69, 9.17) is 11.5 Å². The van der Waals surface area contributed by atoms with Gasteiger partial charge in [-0.3, -0.25) is 9.69 Å². The number of nitrogens with two attached hydrogens (primary N) is 2. The van der Waals surface area contributed by atoms with Crippen molar-refractivity contribution in [2.24, 2.45) is 11.5 Å². The predicted molar refractivity (Wildman–Crippen MR) is 78.4 cm³/mol. The molecule has 0 radical (unpaired) electrons. The number of aryl methyl sites for hydroxylation is 1. The Morgan fingerprint density at radius 2 is 2.11 bits per heavy atom. The number of unbranched alkanes of at least 4 members (excludes halogenated alkanes) is 1. The predicted octanol–water partition coefficient (Wildman–Crippen LogP) is 1.54. The molecule has 4 N–H and O–H groups in total. The maximum Gasteiger partial charge on any atom is 0.231 e. The summed E-state index contributed by atoms with van der Waals surface area (Å²) in [6.07, 6.45) is 2.19. The Labute approximate surface area is 115 Å². The summed E-state index contributed by atoms with van der Waals surface area (Å²) in [6.45, 7) is 6.76. The Balaban J connectivity index is 2.74. The second-order valence-corrected chi connectivity index (χ2v) is 5.00. The van der Waals surface area contributed by atoms with Gasteiger partial charge in [0.2, 0.25) is 5.91 Å². The zero-order chi connectivity index (χ0) is 14.3. The number of nitrogens with zero attached hydrogens (tertiary/aromatic N) is 1. The van der Waals surface area contributed by atoms with E-state index in [0.717, 1.165) is 31.5 Å². The number of hydrogen-bond donors (Lipinski definition) is 2. The van der Waals surface area contributed by atoms with Gasteiger partial charge in [-0.15, -0.1) is 0 Å². The van der Waals surface area contributed by atoms with Crippen molar-refractivity contribution in [2.75, 3.05) is 13.1 Å². The molecule has 4 heteroatoms. The third-order valence-corrected chi connectivity index (χ3v) is 3.24. The molecule has 0 aliphatic heterocycles. The summed E-state index contributed by atoms with van der Waals surface area (Å²) >= 11 is 0. The number of amides is 1. The molecule has 0 saturated heterocycles. The van der Waals surface area contributed by atoms with Crippen molar-refractivity contribution in [3.63, 3.8) is 0 Å². The minimum Gasteiger partial charge on any atom is -0.369 e. The van der Waals surface area contributed by atoms with Gasteiger partial charge < -0.3 is 11.5 Å². The molecule has 1 aromatic rings. The molecule has 1 aromatic carbocycles. The summed E-state index contributed by atoms with van der Waals surface area (Å²) in [5, 5.41) is 0. The molecule has 0 unspecified atom stereocenters. The van der Waals surface area contributed by atoms with E-state index in [-0.39, 0.29) is 5.91 Å². The second kappa shape index (κ2) is 7.92. The van der Waals surface area contributed by atoms with Crippen LogP contribution in [-0.2, 0) is 17.9 Å². The summed E-state index contributed by atoms with van der Waals surface area (Å²) in [4.78, 5) is 13.2. The molecule has 4 nitrogen and oxygen atoms in total. The third-order valence-electron chi connectivity index (χ3n) is 3.24. The Morgan fingerprint density at radius 3 is 2.63 bits per heavy atom. The van der Waals surface area contributed by atoms with E-state index in [1.54, 1.807) is 0 Å². The quantitative estimate of drug-likeness (QED) is 0.747. The first kappa shape index (κ1) is 15.7. The highest BCUT2D eigenvalue weighted by Crippen LogP contribution is 2.14. The Morgan fingerprint density at radius 1 is 1.37 bits per heavy atom. The first-order valence-corrected chi connectivity index (χ1v) is 6.86. The molecule has 0 spiro atoms. The van der Waals surface area contributed by atoms with Crippen molar-refractivity contribution in [3.05, 3.63) is 34.9 Å². The van der Waals surface area contributed by atoms with Crippen molar-refractivity contribution in [2.45, 2.75) is 39.8 Å². The van der Waals surface area contributed by atoms with Gasteiger partial charge in [0.15, 0.2) is 0 Å². The number of carbonyl (C=O) groups is 1. The summed E-state index contributed by atoms with van der Waals surface area (Å²) in [6, 6.07) is 6.25. The highest BCUT2D eigenvalue weighted by atomic mass is 16.1. The zero-order valence-electron chi connectivity index (χ0n) is 12.0. The van der Waals surface area contributed by atoms with E-state index < -0.39 is 0 Å². The maximum atomic E-state index is 11.1. The van der Waals surface area contributed by atoms with Crippen LogP contribution in [0.4, 0.5) is 0 Å². The van der Waals surface area contributed by atoms with Crippen molar-refractivity contribution in [1.82, 2.24) is 4.90 Å². The van der Waals surface area contributed by atoms with E-state index in [1.807, 2.05) is 6.07 Å². The van der Waals surface area contributed by atoms with Gasteiger partial charge in [0.05, 0.1) is 6.54 Å². The zero-order valence-corrected chi connectivity index (χ0v) is 12.0. The SMILES string of the molecule is CCCCN(CC(N)=O)Cc1ccc(CN)cc1C. The molecule has 0 aliphatic rings. The molecule has 1 amide bonds. The molecule has 0 fully saturated rings. The first-order chi connectivity index (χ1) is 9.06. The topological polar surface area (TPSA) is 72.3 Å². The van der Waals surface area contributed by atoms with Crippen LogP contribution in [0.15, 0.2) is 18.2 Å². The summed E-state index contributed by atoms with van der Waals surface area (Å²) in [5.74, 6) is -0.271. The van der Waals surface area contributed by atoms with Gasteiger partial charge in [0.1, 0.15) is 0 Å². The van der Waals surface area contributed by atoms with Gasteiger partial charge in [0.25, 0.3) is 0 Å². The molecule has 0 saturated carbocycles. The van der Waals surface area contributed by atoms with Crippen LogP contribution < -0.4 is 11.5 Å². The highest BCUT2D eigenvalue weighted by Gasteiger charge is 2.10. The van der Waals surface area contributed by atoms with Crippen molar-refractivity contribution in [1.29, 1.82) is 0 Å². The first-order valence-electron chi connectivity index (χ1n) is 6.86. The summed E-state index contributed by atoms with van der Waals surface area (Å²) < 4.78 is 0. The number of primary amides is 1. The van der Waals surface area contributed by atoms with Crippen LogP contribution in [0.25, 0.3) is 0 Å². The van der Waals surface area contributed by atoms with Gasteiger partial charge in [-0.2, -0.15) is 0 Å². The van der Waals surface area contributed by atoms with Crippen LogP contribution in [0.5, 0.6) is 0 Å². The fourth-order valence-electron chi connectivity index (χ4n) is 2.12. The lowest BCUT2D eigenvalue weighted by molar-refractivity contribution is -0.119. The average molecular weight is 263 g/mol.